The molecule has 1 unspecified atom stereocenters. The number of ether oxygens (including phenoxy) is 3. The van der Waals surface area contributed by atoms with Gasteiger partial charge >= 0.3 is 5.97 Å². The van der Waals surface area contributed by atoms with E-state index >= 15 is 0 Å². The van der Waals surface area contributed by atoms with E-state index in [4.69, 9.17) is 14.2 Å². The number of allylic oxidation sites excluding steroid dienone is 4. The molecule has 0 saturated carbocycles. The standard InChI is InChI=1S/C46H46N4O6/c1-28-22-29-10-7-9-13-35(29)40(24-30-11-6-8-12-34(28)30)54-27-43(51)47-20-21-48-44(52)31-14-17-37-36(23-31)45(53)56-46(37)38-18-15-32(49(2)3)25-41(38)55-42-26-33(50(4)5)16-19-39(42)46/h6,8-9,11-19,22-23,25-26,40H,7,10,20-21,24,27H2,1-5H3,(H,47,51)(H,48,52)/b28-22-. The molecule has 2 aliphatic heterocycles. The van der Waals surface area contributed by atoms with Gasteiger partial charge in [-0.2, -0.15) is 0 Å². The van der Waals surface area contributed by atoms with Crippen molar-refractivity contribution in [2.75, 3.05) is 57.7 Å². The van der Waals surface area contributed by atoms with Crippen molar-refractivity contribution in [2.24, 2.45) is 0 Å². The summed E-state index contributed by atoms with van der Waals surface area (Å²) in [5.74, 6) is 0.0148. The van der Waals surface area contributed by atoms with Gasteiger partial charge in [0.15, 0.2) is 5.60 Å². The Morgan fingerprint density at radius 3 is 2.23 bits per heavy atom. The predicted octanol–water partition coefficient (Wildman–Crippen LogP) is 6.92. The van der Waals surface area contributed by atoms with Crippen LogP contribution in [-0.2, 0) is 26.3 Å². The Bertz CT molecular complexity index is 2300. The van der Waals surface area contributed by atoms with Crippen LogP contribution in [0.4, 0.5) is 11.4 Å². The lowest BCUT2D eigenvalue weighted by Gasteiger charge is -2.37. The van der Waals surface area contributed by atoms with E-state index in [9.17, 15) is 14.4 Å². The summed E-state index contributed by atoms with van der Waals surface area (Å²) in [4.78, 5) is 44.0. The maximum atomic E-state index is 13.7. The van der Waals surface area contributed by atoms with E-state index in [1.165, 1.54) is 22.3 Å². The first-order valence-electron chi connectivity index (χ1n) is 19.1. The second kappa shape index (κ2) is 14.8. The van der Waals surface area contributed by atoms with Gasteiger partial charge in [0, 0.05) is 93.5 Å². The van der Waals surface area contributed by atoms with Crippen LogP contribution in [0.5, 0.6) is 11.5 Å². The smallest absolute Gasteiger partial charge is 0.340 e. The highest BCUT2D eigenvalue weighted by molar-refractivity contribution is 6.01. The molecule has 10 heteroatoms. The van der Waals surface area contributed by atoms with Crippen LogP contribution in [0.15, 0.2) is 108 Å². The minimum Gasteiger partial charge on any atom is -0.456 e. The largest absolute Gasteiger partial charge is 0.456 e. The molecule has 0 fully saturated rings. The summed E-state index contributed by atoms with van der Waals surface area (Å²) in [6, 6.07) is 25.1. The van der Waals surface area contributed by atoms with Crippen LogP contribution in [0, 0.1) is 0 Å². The molecule has 8 rings (SSSR count). The second-order valence-corrected chi connectivity index (χ2v) is 15.1. The Kier molecular flexibility index (Phi) is 9.76. The second-order valence-electron chi connectivity index (χ2n) is 15.1. The molecule has 2 amide bonds. The van der Waals surface area contributed by atoms with Crippen LogP contribution in [-0.4, -0.2) is 71.8 Å². The number of benzene rings is 4. The molecule has 0 aromatic heterocycles. The zero-order chi connectivity index (χ0) is 39.1. The number of hydrogen-bond acceptors (Lipinski definition) is 8. The number of hydrogen-bond donors (Lipinski definition) is 2. The summed E-state index contributed by atoms with van der Waals surface area (Å²) >= 11 is 0. The lowest BCUT2D eigenvalue weighted by atomic mass is 9.77. The number of amides is 2. The molecule has 56 heavy (non-hydrogen) atoms. The van der Waals surface area contributed by atoms with Gasteiger partial charge in [0.05, 0.1) is 11.7 Å². The topological polar surface area (TPSA) is 109 Å². The Morgan fingerprint density at radius 2 is 1.52 bits per heavy atom. The van der Waals surface area contributed by atoms with E-state index in [1.54, 1.807) is 18.2 Å². The molecule has 4 aromatic carbocycles. The van der Waals surface area contributed by atoms with E-state index in [1.807, 2.05) is 80.5 Å². The minimum atomic E-state index is -1.26. The van der Waals surface area contributed by atoms with Crippen molar-refractivity contribution in [1.82, 2.24) is 10.6 Å². The Hall–Kier alpha value is -6.13. The SMILES string of the molecule is C/C1=C/C2=C(C=CCC2)C(OCC(=O)NCCNC(=O)c2ccc3c(c2)C(=O)OC32c3ccc(N(C)C)cc3Oc3cc(N(C)C)ccc32)Cc2ccccc21. The van der Waals surface area contributed by atoms with Crippen molar-refractivity contribution in [3.05, 3.63) is 147 Å². The molecule has 286 valence electrons. The summed E-state index contributed by atoms with van der Waals surface area (Å²) in [6.45, 7) is 2.45. The van der Waals surface area contributed by atoms with Crippen LogP contribution in [0.1, 0.15) is 68.3 Å². The lowest BCUT2D eigenvalue weighted by molar-refractivity contribution is -0.126. The summed E-state index contributed by atoms with van der Waals surface area (Å²) < 4.78 is 19.1. The van der Waals surface area contributed by atoms with Crippen LogP contribution in [0.3, 0.4) is 0 Å². The first-order chi connectivity index (χ1) is 27.0. The molecule has 4 aliphatic rings. The van der Waals surface area contributed by atoms with Crippen molar-refractivity contribution in [1.29, 1.82) is 0 Å². The number of nitrogens with zero attached hydrogens (tertiary/aromatic N) is 2. The van der Waals surface area contributed by atoms with Crippen molar-refractivity contribution >= 4 is 34.7 Å². The summed E-state index contributed by atoms with van der Waals surface area (Å²) in [5.41, 5.74) is 9.29. The predicted molar refractivity (Wildman–Crippen MR) is 218 cm³/mol. The summed E-state index contributed by atoms with van der Waals surface area (Å²) in [7, 11) is 7.82. The number of anilines is 2. The number of fused-ring (bicyclic) bond motifs is 7. The van der Waals surface area contributed by atoms with Gasteiger partial charge in [-0.1, -0.05) is 48.6 Å². The highest BCUT2D eigenvalue weighted by atomic mass is 16.6. The first-order valence-corrected chi connectivity index (χ1v) is 19.1. The molecule has 1 atom stereocenters. The lowest BCUT2D eigenvalue weighted by Crippen LogP contribution is -2.37. The van der Waals surface area contributed by atoms with E-state index < -0.39 is 11.6 Å². The molecule has 0 bridgehead atoms. The minimum absolute atomic E-state index is 0.104. The summed E-state index contributed by atoms with van der Waals surface area (Å²) in [6.07, 6.45) is 8.89. The van der Waals surface area contributed by atoms with Gasteiger partial charge in [-0.15, -0.1) is 0 Å². The van der Waals surface area contributed by atoms with E-state index in [0.717, 1.165) is 29.8 Å². The fraction of sp³-hybridized carbons (Fsp3) is 0.283. The highest BCUT2D eigenvalue weighted by Crippen LogP contribution is 2.57. The number of nitrogens with one attached hydrogen (secondary N) is 2. The fourth-order valence-corrected chi connectivity index (χ4v) is 8.16. The van der Waals surface area contributed by atoms with Gasteiger partial charge in [0.2, 0.25) is 5.91 Å². The molecular weight excluding hydrogens is 705 g/mol. The van der Waals surface area contributed by atoms with Gasteiger partial charge in [0.1, 0.15) is 18.1 Å². The number of carbonyl (C=O) groups excluding carboxylic acids is 3. The van der Waals surface area contributed by atoms with E-state index in [0.29, 0.717) is 45.7 Å². The molecular formula is C46H46N4O6. The third-order valence-electron chi connectivity index (χ3n) is 11.1. The van der Waals surface area contributed by atoms with Gasteiger partial charge in [-0.05, 0) is 84.0 Å². The molecule has 2 heterocycles. The average molecular weight is 751 g/mol. The number of carbonyl (C=O) groups is 3. The van der Waals surface area contributed by atoms with Crippen molar-refractivity contribution < 1.29 is 28.6 Å². The van der Waals surface area contributed by atoms with Gasteiger partial charge < -0.3 is 34.6 Å². The van der Waals surface area contributed by atoms with Crippen LogP contribution >= 0.6 is 0 Å². The molecule has 0 radical (unpaired) electrons. The zero-order valence-electron chi connectivity index (χ0n) is 32.4. The highest BCUT2D eigenvalue weighted by Gasteiger charge is 2.53. The molecule has 2 aliphatic carbocycles. The molecule has 10 nitrogen and oxygen atoms in total. The maximum absolute atomic E-state index is 13.7. The Balaban J connectivity index is 0.941. The first kappa shape index (κ1) is 36.8. The quantitative estimate of drug-likeness (QED) is 0.140. The number of rotatable bonds is 9. The normalized spacial score (nSPS) is 18.1. The van der Waals surface area contributed by atoms with Crippen molar-refractivity contribution in [3.63, 3.8) is 0 Å². The Morgan fingerprint density at radius 1 is 0.839 bits per heavy atom. The van der Waals surface area contributed by atoms with Crippen LogP contribution in [0.2, 0.25) is 0 Å². The van der Waals surface area contributed by atoms with E-state index in [-0.39, 0.29) is 37.6 Å². The van der Waals surface area contributed by atoms with Gasteiger partial charge in [0.25, 0.3) is 5.91 Å². The summed E-state index contributed by atoms with van der Waals surface area (Å²) in [5, 5.41) is 5.74. The molecule has 2 N–H and O–H groups in total. The van der Waals surface area contributed by atoms with Crippen molar-refractivity contribution in [3.8, 4) is 11.5 Å². The molecule has 1 spiro atoms. The van der Waals surface area contributed by atoms with Crippen molar-refractivity contribution in [2.45, 2.75) is 37.9 Å². The van der Waals surface area contributed by atoms with Gasteiger partial charge in [-0.3, -0.25) is 9.59 Å². The molecule has 4 aromatic rings. The maximum Gasteiger partial charge on any atom is 0.340 e. The molecule has 0 saturated heterocycles. The zero-order valence-corrected chi connectivity index (χ0v) is 32.4. The van der Waals surface area contributed by atoms with Crippen LogP contribution in [0.25, 0.3) is 5.57 Å². The fourth-order valence-electron chi connectivity index (χ4n) is 8.16. The average Bonchev–Trinajstić information content (AvgIpc) is 3.48. The van der Waals surface area contributed by atoms with Gasteiger partial charge in [-0.25, -0.2) is 4.79 Å². The monoisotopic (exact) mass is 750 g/mol. The third-order valence-corrected chi connectivity index (χ3v) is 11.1. The number of esters is 1. The third kappa shape index (κ3) is 6.64. The van der Waals surface area contributed by atoms with E-state index in [2.05, 4.69) is 54.0 Å². The van der Waals surface area contributed by atoms with Crippen LogP contribution < -0.4 is 25.2 Å². The Labute approximate surface area is 327 Å².